The average Bonchev–Trinajstić information content (AvgIpc) is 2.43. The minimum atomic E-state index is -0.509. The molecule has 7 heteroatoms. The van der Waals surface area contributed by atoms with Crippen LogP contribution >= 0.6 is 27.5 Å². The second-order valence-electron chi connectivity index (χ2n) is 4.14. The fraction of sp³-hybridized carbons (Fsp3) is 0.143. The molecule has 2 rings (SSSR count). The van der Waals surface area contributed by atoms with Gasteiger partial charge in [0.2, 0.25) is 5.88 Å². The highest BCUT2D eigenvalue weighted by atomic mass is 79.9. The van der Waals surface area contributed by atoms with Crippen LogP contribution < -0.4 is 4.74 Å². The van der Waals surface area contributed by atoms with Crippen LogP contribution in [0, 0.1) is 12.7 Å². The van der Waals surface area contributed by atoms with Crippen molar-refractivity contribution in [1.82, 2.24) is 4.98 Å². The quantitative estimate of drug-likeness (QED) is 0.741. The smallest absolute Gasteiger partial charge is 0.339 e. The van der Waals surface area contributed by atoms with Gasteiger partial charge >= 0.3 is 5.97 Å². The van der Waals surface area contributed by atoms with Gasteiger partial charge < -0.3 is 9.47 Å². The number of halogens is 3. The summed E-state index contributed by atoms with van der Waals surface area (Å²) < 4.78 is 23.8. The number of carbonyl (C=O) groups excluding carboxylic acids is 1. The second-order valence-corrected chi connectivity index (χ2v) is 5.40. The first-order valence-electron chi connectivity index (χ1n) is 5.79. The third-order valence-corrected chi connectivity index (χ3v) is 3.47. The van der Waals surface area contributed by atoms with Gasteiger partial charge in [-0.05, 0) is 46.6 Å². The van der Waals surface area contributed by atoms with Gasteiger partial charge in [-0.3, -0.25) is 0 Å². The minimum Gasteiger partial charge on any atom is -0.465 e. The zero-order valence-electron chi connectivity index (χ0n) is 11.1. The molecule has 0 radical (unpaired) electrons. The number of benzene rings is 1. The molecular formula is C14H10BrClFNO3. The van der Waals surface area contributed by atoms with Crippen molar-refractivity contribution in [3.8, 4) is 11.6 Å². The number of esters is 1. The van der Waals surface area contributed by atoms with Crippen LogP contribution in [0.25, 0.3) is 0 Å². The minimum absolute atomic E-state index is 0.137. The Balaban J connectivity index is 2.35. The molecule has 0 spiro atoms. The van der Waals surface area contributed by atoms with Gasteiger partial charge in [0.15, 0.2) is 5.75 Å². The molecule has 0 aliphatic carbocycles. The lowest BCUT2D eigenvalue weighted by Crippen LogP contribution is -2.02. The van der Waals surface area contributed by atoms with Crippen molar-refractivity contribution >= 4 is 33.5 Å². The van der Waals surface area contributed by atoms with Crippen LogP contribution in [0.3, 0.4) is 0 Å². The Bertz CT molecular complexity index is 686. The molecule has 0 aliphatic rings. The van der Waals surface area contributed by atoms with E-state index < -0.39 is 11.8 Å². The molecule has 1 aromatic heterocycles. The van der Waals surface area contributed by atoms with E-state index in [9.17, 15) is 9.18 Å². The molecule has 0 saturated carbocycles. The van der Waals surface area contributed by atoms with E-state index in [4.69, 9.17) is 16.3 Å². The normalized spacial score (nSPS) is 10.3. The lowest BCUT2D eigenvalue weighted by atomic mass is 10.2. The van der Waals surface area contributed by atoms with Crippen LogP contribution in [0.2, 0.25) is 5.02 Å². The predicted molar refractivity (Wildman–Crippen MR) is 79.5 cm³/mol. The van der Waals surface area contributed by atoms with E-state index >= 15 is 0 Å². The Labute approximate surface area is 134 Å². The summed E-state index contributed by atoms with van der Waals surface area (Å²) in [5.74, 6) is -0.444. The van der Waals surface area contributed by atoms with Crippen molar-refractivity contribution in [2.75, 3.05) is 7.11 Å². The third-order valence-electron chi connectivity index (χ3n) is 2.62. The highest BCUT2D eigenvalue weighted by Gasteiger charge is 2.14. The number of hydrogen-bond acceptors (Lipinski definition) is 4. The van der Waals surface area contributed by atoms with Crippen molar-refractivity contribution < 1.29 is 18.7 Å². The third kappa shape index (κ3) is 3.51. The van der Waals surface area contributed by atoms with Crippen LogP contribution in [-0.2, 0) is 4.74 Å². The molecule has 1 aromatic carbocycles. The summed E-state index contributed by atoms with van der Waals surface area (Å²) in [6.45, 7) is 1.67. The summed E-state index contributed by atoms with van der Waals surface area (Å²) in [6.07, 6.45) is 1.32. The molecule has 4 nitrogen and oxygen atoms in total. The summed E-state index contributed by atoms with van der Waals surface area (Å²) in [5.41, 5.74) is 0.810. The Morgan fingerprint density at radius 1 is 1.38 bits per heavy atom. The highest BCUT2D eigenvalue weighted by Crippen LogP contribution is 2.35. The van der Waals surface area contributed by atoms with Crippen LogP contribution in [0.1, 0.15) is 15.9 Å². The second kappa shape index (κ2) is 6.41. The van der Waals surface area contributed by atoms with Crippen molar-refractivity contribution in [1.29, 1.82) is 0 Å². The van der Waals surface area contributed by atoms with Crippen molar-refractivity contribution in [2.24, 2.45) is 0 Å². The fourth-order valence-electron chi connectivity index (χ4n) is 1.64. The van der Waals surface area contributed by atoms with Gasteiger partial charge in [0, 0.05) is 6.20 Å². The number of rotatable bonds is 3. The number of carbonyl (C=O) groups is 1. The molecule has 0 fully saturated rings. The lowest BCUT2D eigenvalue weighted by molar-refractivity contribution is 0.0600. The van der Waals surface area contributed by atoms with Gasteiger partial charge in [-0.2, -0.15) is 0 Å². The monoisotopic (exact) mass is 373 g/mol. The maximum atomic E-state index is 13.2. The molecule has 0 atom stereocenters. The molecule has 0 amide bonds. The van der Waals surface area contributed by atoms with Crippen LogP contribution in [0.15, 0.2) is 28.9 Å². The average molecular weight is 375 g/mol. The molecule has 1 heterocycles. The molecule has 0 aliphatic heterocycles. The topological polar surface area (TPSA) is 48.4 Å². The van der Waals surface area contributed by atoms with Gasteiger partial charge in [-0.15, -0.1) is 0 Å². The van der Waals surface area contributed by atoms with Gasteiger partial charge in [-0.1, -0.05) is 11.6 Å². The molecule has 0 saturated heterocycles. The van der Waals surface area contributed by atoms with Crippen LogP contribution in [0.5, 0.6) is 11.6 Å². The van der Waals surface area contributed by atoms with E-state index in [1.807, 2.05) is 0 Å². The van der Waals surface area contributed by atoms with Crippen molar-refractivity contribution in [3.63, 3.8) is 0 Å². The van der Waals surface area contributed by atoms with E-state index in [1.165, 1.54) is 25.4 Å². The summed E-state index contributed by atoms with van der Waals surface area (Å²) in [7, 11) is 1.28. The first-order valence-corrected chi connectivity index (χ1v) is 6.97. The van der Waals surface area contributed by atoms with Crippen molar-refractivity contribution in [3.05, 3.63) is 50.8 Å². The largest absolute Gasteiger partial charge is 0.465 e. The fourth-order valence-corrected chi connectivity index (χ4v) is 2.37. The summed E-state index contributed by atoms with van der Waals surface area (Å²) in [5, 5.41) is 0.137. The Hall–Kier alpha value is -1.66. The molecule has 110 valence electrons. The predicted octanol–water partition coefficient (Wildman–Crippen LogP) is 4.52. The van der Waals surface area contributed by atoms with Crippen LogP contribution in [-0.4, -0.2) is 18.1 Å². The molecule has 21 heavy (non-hydrogen) atoms. The number of aryl methyl sites for hydroxylation is 1. The van der Waals surface area contributed by atoms with Gasteiger partial charge in [0.05, 0.1) is 22.2 Å². The molecule has 0 unspecified atom stereocenters. The molecule has 0 N–H and O–H groups in total. The summed E-state index contributed by atoms with van der Waals surface area (Å²) in [6, 6.07) is 3.97. The van der Waals surface area contributed by atoms with E-state index in [2.05, 4.69) is 25.7 Å². The van der Waals surface area contributed by atoms with E-state index in [-0.39, 0.29) is 16.5 Å². The Morgan fingerprint density at radius 2 is 2.10 bits per heavy atom. The SMILES string of the molecule is COC(=O)c1cnc(Oc2c(C)cc(F)cc2Cl)c(Br)c1. The van der Waals surface area contributed by atoms with E-state index in [0.717, 1.165) is 6.07 Å². The van der Waals surface area contributed by atoms with Crippen molar-refractivity contribution in [2.45, 2.75) is 6.92 Å². The number of pyridine rings is 1. The molecule has 0 bridgehead atoms. The number of nitrogens with zero attached hydrogens (tertiary/aromatic N) is 1. The van der Waals surface area contributed by atoms with E-state index in [1.54, 1.807) is 6.92 Å². The number of methoxy groups -OCH3 is 1. The van der Waals surface area contributed by atoms with Crippen LogP contribution in [0.4, 0.5) is 4.39 Å². The standard InChI is InChI=1S/C14H10BrClFNO3/c1-7-3-9(17)5-11(16)12(7)21-13-10(15)4-8(6-18-13)14(19)20-2/h3-6H,1-2H3. The maximum Gasteiger partial charge on any atom is 0.339 e. The number of aromatic nitrogens is 1. The Morgan fingerprint density at radius 3 is 2.67 bits per heavy atom. The summed E-state index contributed by atoms with van der Waals surface area (Å²) in [4.78, 5) is 15.4. The van der Waals surface area contributed by atoms with Gasteiger partial charge in [0.25, 0.3) is 0 Å². The first-order chi connectivity index (χ1) is 9.92. The van der Waals surface area contributed by atoms with Gasteiger partial charge in [-0.25, -0.2) is 14.2 Å². The van der Waals surface area contributed by atoms with Gasteiger partial charge in [0.1, 0.15) is 5.82 Å². The lowest BCUT2D eigenvalue weighted by Gasteiger charge is -2.11. The molecular weight excluding hydrogens is 365 g/mol. The molecule has 2 aromatic rings. The zero-order chi connectivity index (χ0) is 15.6. The zero-order valence-corrected chi connectivity index (χ0v) is 13.5. The Kier molecular flexibility index (Phi) is 4.80. The highest BCUT2D eigenvalue weighted by molar-refractivity contribution is 9.10. The summed E-state index contributed by atoms with van der Waals surface area (Å²) >= 11 is 9.21. The first kappa shape index (κ1) is 15.7. The maximum absolute atomic E-state index is 13.2. The van der Waals surface area contributed by atoms with E-state index in [0.29, 0.717) is 15.8 Å². The number of hydrogen-bond donors (Lipinski definition) is 0. The number of ether oxygens (including phenoxy) is 2.